The predicted octanol–water partition coefficient (Wildman–Crippen LogP) is 12.0. The number of halogens is 4. The Kier molecular flexibility index (Phi) is 11.4. The number of hydrogen-bond acceptors (Lipinski definition) is 0. The standard InChI is InChI=1S/C37H42F4/c1-3-5-7-8-9-10-11-13-30-22-23-31(35(39)34(30)38)28-18-20-29(21-19-28)33-25-24-32(36(40)37(33)41)27-16-14-26(15-17-27)12-6-4-2/h4,16,18-26H,2-3,5-15,17H2,1H3. The molecule has 0 spiro atoms. The van der Waals surface area contributed by atoms with E-state index in [4.69, 9.17) is 0 Å². The molecule has 4 heteroatoms. The summed E-state index contributed by atoms with van der Waals surface area (Å²) >= 11 is 0. The van der Waals surface area contributed by atoms with Gasteiger partial charge in [-0.3, -0.25) is 0 Å². The molecule has 218 valence electrons. The van der Waals surface area contributed by atoms with Gasteiger partial charge in [0.2, 0.25) is 0 Å². The highest BCUT2D eigenvalue weighted by atomic mass is 19.2. The SMILES string of the molecule is C=CCCC1CC=C(c2ccc(-c3ccc(-c4ccc(CCCCCCCCC)c(F)c4F)cc3)c(F)c2F)CC1. The van der Waals surface area contributed by atoms with E-state index in [0.29, 0.717) is 34.6 Å². The lowest BCUT2D eigenvalue weighted by Crippen LogP contribution is -2.07. The zero-order valence-corrected chi connectivity index (χ0v) is 24.3. The van der Waals surface area contributed by atoms with Crippen LogP contribution in [0.1, 0.15) is 95.1 Å². The maximum Gasteiger partial charge on any atom is 0.167 e. The van der Waals surface area contributed by atoms with Crippen molar-refractivity contribution in [2.45, 2.75) is 90.4 Å². The van der Waals surface area contributed by atoms with E-state index in [9.17, 15) is 4.39 Å². The van der Waals surface area contributed by atoms with Crippen molar-refractivity contribution in [2.24, 2.45) is 5.92 Å². The summed E-state index contributed by atoms with van der Waals surface area (Å²) in [5.74, 6) is -2.84. The first-order chi connectivity index (χ1) is 19.9. The molecule has 0 fully saturated rings. The zero-order valence-electron chi connectivity index (χ0n) is 24.3. The summed E-state index contributed by atoms with van der Waals surface area (Å²) in [6.07, 6.45) is 16.9. The molecule has 0 heterocycles. The molecule has 4 rings (SSSR count). The van der Waals surface area contributed by atoms with Crippen LogP contribution < -0.4 is 0 Å². The van der Waals surface area contributed by atoms with Crippen molar-refractivity contribution < 1.29 is 17.6 Å². The summed E-state index contributed by atoms with van der Waals surface area (Å²) in [7, 11) is 0. The Hall–Kier alpha value is -3.14. The molecule has 0 saturated heterocycles. The number of rotatable bonds is 14. The minimum atomic E-state index is -0.892. The fraction of sp³-hybridized carbons (Fsp3) is 0.405. The van der Waals surface area contributed by atoms with Gasteiger partial charge < -0.3 is 0 Å². The summed E-state index contributed by atoms with van der Waals surface area (Å²) in [5, 5.41) is 0. The van der Waals surface area contributed by atoms with Gasteiger partial charge in [0.05, 0.1) is 0 Å². The minimum Gasteiger partial charge on any atom is -0.203 e. The van der Waals surface area contributed by atoms with E-state index in [1.54, 1.807) is 48.5 Å². The summed E-state index contributed by atoms with van der Waals surface area (Å²) in [4.78, 5) is 0. The Morgan fingerprint density at radius 1 is 0.707 bits per heavy atom. The van der Waals surface area contributed by atoms with E-state index in [1.807, 2.05) is 12.2 Å². The van der Waals surface area contributed by atoms with Crippen molar-refractivity contribution >= 4 is 5.57 Å². The van der Waals surface area contributed by atoms with Crippen LogP contribution in [0.15, 0.2) is 67.3 Å². The fourth-order valence-corrected chi connectivity index (χ4v) is 5.88. The van der Waals surface area contributed by atoms with E-state index in [2.05, 4.69) is 13.5 Å². The second-order valence-corrected chi connectivity index (χ2v) is 11.4. The third-order valence-corrected chi connectivity index (χ3v) is 8.45. The van der Waals surface area contributed by atoms with Crippen molar-refractivity contribution in [3.8, 4) is 22.3 Å². The van der Waals surface area contributed by atoms with Gasteiger partial charge in [-0.2, -0.15) is 0 Å². The molecular formula is C37H42F4. The molecule has 0 aliphatic heterocycles. The van der Waals surface area contributed by atoms with Crippen LogP contribution in [0.25, 0.3) is 27.8 Å². The van der Waals surface area contributed by atoms with E-state index in [-0.39, 0.29) is 11.1 Å². The smallest absolute Gasteiger partial charge is 0.167 e. The molecule has 1 aliphatic carbocycles. The normalized spacial score (nSPS) is 15.1. The molecule has 0 nitrogen and oxygen atoms in total. The Balaban J connectivity index is 1.43. The molecule has 0 amide bonds. The molecular weight excluding hydrogens is 520 g/mol. The second kappa shape index (κ2) is 15.2. The Morgan fingerprint density at radius 2 is 1.27 bits per heavy atom. The van der Waals surface area contributed by atoms with Crippen LogP contribution in [0.3, 0.4) is 0 Å². The van der Waals surface area contributed by atoms with Crippen molar-refractivity contribution in [3.63, 3.8) is 0 Å². The topological polar surface area (TPSA) is 0 Å². The van der Waals surface area contributed by atoms with Crippen molar-refractivity contribution in [1.82, 2.24) is 0 Å². The van der Waals surface area contributed by atoms with Crippen molar-refractivity contribution in [3.05, 3.63) is 102 Å². The van der Waals surface area contributed by atoms with Crippen LogP contribution in [-0.2, 0) is 6.42 Å². The Morgan fingerprint density at radius 3 is 1.88 bits per heavy atom. The maximum absolute atomic E-state index is 15.2. The Bertz CT molecular complexity index is 1340. The molecule has 1 unspecified atom stereocenters. The lowest BCUT2D eigenvalue weighted by atomic mass is 9.83. The molecule has 3 aromatic carbocycles. The predicted molar refractivity (Wildman–Crippen MR) is 164 cm³/mol. The first-order valence-corrected chi connectivity index (χ1v) is 15.3. The lowest BCUT2D eigenvalue weighted by molar-refractivity contribution is 0.452. The van der Waals surface area contributed by atoms with Crippen LogP contribution >= 0.6 is 0 Å². The van der Waals surface area contributed by atoms with E-state index >= 15 is 13.2 Å². The number of hydrogen-bond donors (Lipinski definition) is 0. The van der Waals surface area contributed by atoms with Crippen molar-refractivity contribution in [2.75, 3.05) is 0 Å². The molecule has 0 saturated carbocycles. The second-order valence-electron chi connectivity index (χ2n) is 11.4. The molecule has 0 bridgehead atoms. The van der Waals surface area contributed by atoms with E-state index in [1.165, 1.54) is 25.7 Å². The average Bonchev–Trinajstić information content (AvgIpc) is 2.99. The van der Waals surface area contributed by atoms with Crippen LogP contribution in [0.5, 0.6) is 0 Å². The lowest BCUT2D eigenvalue weighted by Gasteiger charge is -2.22. The Labute approximate surface area is 243 Å². The van der Waals surface area contributed by atoms with Crippen LogP contribution in [-0.4, -0.2) is 0 Å². The summed E-state index contributed by atoms with van der Waals surface area (Å²) in [6.45, 7) is 5.96. The highest BCUT2D eigenvalue weighted by Crippen LogP contribution is 2.37. The third-order valence-electron chi connectivity index (χ3n) is 8.45. The van der Waals surface area contributed by atoms with Gasteiger partial charge in [0.1, 0.15) is 0 Å². The van der Waals surface area contributed by atoms with Gasteiger partial charge in [-0.15, -0.1) is 6.58 Å². The van der Waals surface area contributed by atoms with Gasteiger partial charge in [0.25, 0.3) is 0 Å². The molecule has 0 aromatic heterocycles. The molecule has 0 radical (unpaired) electrons. The largest absolute Gasteiger partial charge is 0.203 e. The van der Waals surface area contributed by atoms with E-state index < -0.39 is 23.3 Å². The van der Waals surface area contributed by atoms with Crippen LogP contribution in [0.2, 0.25) is 0 Å². The summed E-state index contributed by atoms with van der Waals surface area (Å²) in [5.41, 5.74) is 2.85. The molecule has 0 N–H and O–H groups in total. The first kappa shape index (κ1) is 30.8. The quantitative estimate of drug-likeness (QED) is 0.104. The summed E-state index contributed by atoms with van der Waals surface area (Å²) < 4.78 is 60.3. The average molecular weight is 563 g/mol. The van der Waals surface area contributed by atoms with Gasteiger partial charge in [-0.25, -0.2) is 17.6 Å². The fourth-order valence-electron chi connectivity index (χ4n) is 5.88. The van der Waals surface area contributed by atoms with Crippen molar-refractivity contribution in [1.29, 1.82) is 0 Å². The molecule has 3 aromatic rings. The molecule has 1 aliphatic rings. The van der Waals surface area contributed by atoms with Gasteiger partial charge in [0, 0.05) is 16.7 Å². The maximum atomic E-state index is 15.2. The van der Waals surface area contributed by atoms with Gasteiger partial charge in [-0.1, -0.05) is 106 Å². The highest BCUT2D eigenvalue weighted by Gasteiger charge is 2.21. The van der Waals surface area contributed by atoms with Gasteiger partial charge >= 0.3 is 0 Å². The summed E-state index contributed by atoms with van der Waals surface area (Å²) in [6, 6.07) is 13.0. The van der Waals surface area contributed by atoms with Gasteiger partial charge in [-0.05, 0) is 73.1 Å². The highest BCUT2D eigenvalue weighted by molar-refractivity contribution is 5.74. The zero-order chi connectivity index (χ0) is 29.2. The molecule has 1 atom stereocenters. The first-order valence-electron chi connectivity index (χ1n) is 15.3. The number of benzene rings is 3. The van der Waals surface area contributed by atoms with Gasteiger partial charge in [0.15, 0.2) is 23.3 Å². The molecule has 41 heavy (non-hydrogen) atoms. The third kappa shape index (κ3) is 7.78. The number of allylic oxidation sites excluding steroid dienone is 3. The van der Waals surface area contributed by atoms with E-state index in [0.717, 1.165) is 56.9 Å². The van der Waals surface area contributed by atoms with Crippen LogP contribution in [0.4, 0.5) is 17.6 Å². The minimum absolute atomic E-state index is 0.148. The monoisotopic (exact) mass is 562 g/mol. The van der Waals surface area contributed by atoms with Crippen LogP contribution in [0, 0.1) is 29.2 Å². The number of unbranched alkanes of at least 4 members (excludes halogenated alkanes) is 6. The number of aryl methyl sites for hydroxylation is 1.